The average Bonchev–Trinajstić information content (AvgIpc) is 2.74. The van der Waals surface area contributed by atoms with Crippen molar-refractivity contribution >= 4 is 38.9 Å². The molecule has 0 saturated carbocycles. The molecule has 3 rings (SSSR count). The molecule has 2 N–H and O–H groups in total. The van der Waals surface area contributed by atoms with E-state index in [0.29, 0.717) is 22.9 Å². The van der Waals surface area contributed by atoms with E-state index in [0.717, 1.165) is 5.56 Å². The highest BCUT2D eigenvalue weighted by atomic mass is 35.5. The minimum absolute atomic E-state index is 0.0381. The van der Waals surface area contributed by atoms with E-state index in [1.165, 1.54) is 37.4 Å². The molecule has 0 heterocycles. The molecule has 0 aliphatic carbocycles. The minimum atomic E-state index is -3.83. The number of carbonyl (C=O) groups is 1. The highest BCUT2D eigenvalue weighted by Crippen LogP contribution is 2.28. The van der Waals surface area contributed by atoms with E-state index in [2.05, 4.69) is 10.0 Å². The number of nitrogens with one attached hydrogen (secondary N) is 2. The van der Waals surface area contributed by atoms with Gasteiger partial charge >= 0.3 is 0 Å². The smallest absolute Gasteiger partial charge is 0.262 e. The number of methoxy groups -OCH3 is 1. The van der Waals surface area contributed by atoms with Crippen molar-refractivity contribution in [2.45, 2.75) is 11.8 Å². The van der Waals surface area contributed by atoms with Crippen LogP contribution >= 0.6 is 11.6 Å². The van der Waals surface area contributed by atoms with Gasteiger partial charge in [0.1, 0.15) is 11.5 Å². The maximum absolute atomic E-state index is 12.6. The van der Waals surface area contributed by atoms with Crippen LogP contribution in [0, 0.1) is 6.92 Å². The summed E-state index contributed by atoms with van der Waals surface area (Å²) >= 11 is 6.04. The Kier molecular flexibility index (Phi) is 7.04. The number of hydrogen-bond donors (Lipinski definition) is 2. The maximum Gasteiger partial charge on any atom is 0.262 e. The predicted molar refractivity (Wildman–Crippen MR) is 121 cm³/mol. The van der Waals surface area contributed by atoms with Gasteiger partial charge in [0, 0.05) is 5.69 Å². The van der Waals surface area contributed by atoms with Crippen molar-refractivity contribution in [3.63, 3.8) is 0 Å². The van der Waals surface area contributed by atoms with Gasteiger partial charge in [0.2, 0.25) is 0 Å². The van der Waals surface area contributed by atoms with Crippen LogP contribution in [0.5, 0.6) is 11.5 Å². The van der Waals surface area contributed by atoms with Crippen molar-refractivity contribution in [1.29, 1.82) is 0 Å². The van der Waals surface area contributed by atoms with Crippen molar-refractivity contribution < 1.29 is 22.7 Å². The van der Waals surface area contributed by atoms with Crippen LogP contribution in [-0.2, 0) is 14.8 Å². The standard InChI is InChI=1S/C22H21ClN2O5S/c1-15-5-3-4-6-20(15)24-22(26)14-30-17-8-10-18(11-9-17)31(27,28)25-16-7-12-21(29-2)19(23)13-16/h3-13,25H,14H2,1-2H3,(H,24,26). The van der Waals surface area contributed by atoms with Crippen LogP contribution in [0.3, 0.4) is 0 Å². The number of rotatable bonds is 8. The second kappa shape index (κ2) is 9.72. The molecule has 3 aromatic carbocycles. The number of halogens is 1. The van der Waals surface area contributed by atoms with Crippen molar-refractivity contribution in [2.24, 2.45) is 0 Å². The zero-order chi connectivity index (χ0) is 22.4. The molecule has 0 atom stereocenters. The van der Waals surface area contributed by atoms with Gasteiger partial charge in [-0.15, -0.1) is 0 Å². The van der Waals surface area contributed by atoms with Crippen molar-refractivity contribution in [1.82, 2.24) is 0 Å². The fraction of sp³-hybridized carbons (Fsp3) is 0.136. The van der Waals surface area contributed by atoms with Gasteiger partial charge in [-0.2, -0.15) is 0 Å². The number of carbonyl (C=O) groups excluding carboxylic acids is 1. The molecular formula is C22H21ClN2O5S. The largest absolute Gasteiger partial charge is 0.495 e. The summed E-state index contributed by atoms with van der Waals surface area (Å²) in [5.41, 5.74) is 1.96. The summed E-state index contributed by atoms with van der Waals surface area (Å²) in [4.78, 5) is 12.1. The number of hydrogen-bond acceptors (Lipinski definition) is 5. The third-order valence-electron chi connectivity index (χ3n) is 4.33. The molecule has 0 radical (unpaired) electrons. The van der Waals surface area contributed by atoms with Gasteiger partial charge in [0.05, 0.1) is 22.7 Å². The zero-order valence-electron chi connectivity index (χ0n) is 16.9. The van der Waals surface area contributed by atoms with Gasteiger partial charge in [-0.3, -0.25) is 9.52 Å². The molecule has 3 aromatic rings. The molecule has 0 aromatic heterocycles. The van der Waals surface area contributed by atoms with E-state index in [4.69, 9.17) is 21.1 Å². The van der Waals surface area contributed by atoms with Gasteiger partial charge in [0.15, 0.2) is 6.61 Å². The third kappa shape index (κ3) is 5.90. The zero-order valence-corrected chi connectivity index (χ0v) is 18.5. The molecule has 9 heteroatoms. The lowest BCUT2D eigenvalue weighted by Crippen LogP contribution is -2.20. The minimum Gasteiger partial charge on any atom is -0.495 e. The van der Waals surface area contributed by atoms with Gasteiger partial charge in [-0.1, -0.05) is 29.8 Å². The van der Waals surface area contributed by atoms with Gasteiger partial charge in [-0.25, -0.2) is 8.42 Å². The summed E-state index contributed by atoms with van der Waals surface area (Å²) in [6.07, 6.45) is 0. The van der Waals surface area contributed by atoms with Crippen LogP contribution in [0.4, 0.5) is 11.4 Å². The number of amides is 1. The lowest BCUT2D eigenvalue weighted by atomic mass is 10.2. The molecule has 1 amide bonds. The van der Waals surface area contributed by atoms with Crippen LogP contribution in [-0.4, -0.2) is 28.0 Å². The molecule has 0 bridgehead atoms. The Morgan fingerprint density at radius 2 is 1.74 bits per heavy atom. The number of ether oxygens (including phenoxy) is 2. The summed E-state index contributed by atoms with van der Waals surface area (Å²) in [5.74, 6) is 0.494. The molecule has 0 aliphatic rings. The van der Waals surface area contributed by atoms with Crippen molar-refractivity contribution in [3.8, 4) is 11.5 Å². The second-order valence-electron chi connectivity index (χ2n) is 6.58. The van der Waals surface area contributed by atoms with E-state index >= 15 is 0 Å². The normalized spacial score (nSPS) is 10.9. The molecule has 162 valence electrons. The quantitative estimate of drug-likeness (QED) is 0.517. The molecule has 0 fully saturated rings. The van der Waals surface area contributed by atoms with Crippen LogP contribution in [0.1, 0.15) is 5.56 Å². The Labute approximate surface area is 186 Å². The maximum atomic E-state index is 12.6. The Balaban J connectivity index is 1.60. The first-order chi connectivity index (χ1) is 14.8. The van der Waals surface area contributed by atoms with Crippen molar-refractivity contribution in [2.75, 3.05) is 23.8 Å². The first kappa shape index (κ1) is 22.5. The number of sulfonamides is 1. The van der Waals surface area contributed by atoms with Crippen LogP contribution in [0.15, 0.2) is 71.6 Å². The van der Waals surface area contributed by atoms with E-state index < -0.39 is 10.0 Å². The highest BCUT2D eigenvalue weighted by molar-refractivity contribution is 7.92. The summed E-state index contributed by atoms with van der Waals surface area (Å²) in [6, 6.07) is 17.7. The van der Waals surface area contributed by atoms with Gasteiger partial charge in [-0.05, 0) is 61.0 Å². The van der Waals surface area contributed by atoms with Gasteiger partial charge < -0.3 is 14.8 Å². The Morgan fingerprint density at radius 1 is 1.03 bits per heavy atom. The molecule has 7 nitrogen and oxygen atoms in total. The number of para-hydroxylation sites is 1. The predicted octanol–water partition coefficient (Wildman–Crippen LogP) is 4.48. The molecule has 0 saturated heterocycles. The molecule has 31 heavy (non-hydrogen) atoms. The first-order valence-electron chi connectivity index (χ1n) is 9.23. The highest BCUT2D eigenvalue weighted by Gasteiger charge is 2.15. The molecule has 0 aliphatic heterocycles. The van der Waals surface area contributed by atoms with E-state index in [1.807, 2.05) is 25.1 Å². The summed E-state index contributed by atoms with van der Waals surface area (Å²) < 4.78 is 38.1. The van der Waals surface area contributed by atoms with Gasteiger partial charge in [0.25, 0.3) is 15.9 Å². The molecule has 0 spiro atoms. The summed E-state index contributed by atoms with van der Waals surface area (Å²) in [7, 11) is -2.35. The second-order valence-corrected chi connectivity index (χ2v) is 8.67. The lowest BCUT2D eigenvalue weighted by Gasteiger charge is -2.11. The van der Waals surface area contributed by atoms with E-state index in [1.54, 1.807) is 18.2 Å². The Hall–Kier alpha value is -3.23. The van der Waals surface area contributed by atoms with E-state index in [-0.39, 0.29) is 22.4 Å². The van der Waals surface area contributed by atoms with Crippen LogP contribution < -0.4 is 19.5 Å². The lowest BCUT2D eigenvalue weighted by molar-refractivity contribution is -0.118. The monoisotopic (exact) mass is 460 g/mol. The third-order valence-corrected chi connectivity index (χ3v) is 6.02. The number of anilines is 2. The average molecular weight is 461 g/mol. The first-order valence-corrected chi connectivity index (χ1v) is 11.1. The summed E-state index contributed by atoms with van der Waals surface area (Å²) in [5, 5.41) is 3.05. The SMILES string of the molecule is COc1ccc(NS(=O)(=O)c2ccc(OCC(=O)Nc3ccccc3C)cc2)cc1Cl. The fourth-order valence-corrected chi connectivity index (χ4v) is 4.01. The van der Waals surface area contributed by atoms with Crippen LogP contribution in [0.25, 0.3) is 0 Å². The Bertz CT molecular complexity index is 1180. The molecular weight excluding hydrogens is 440 g/mol. The number of aryl methyl sites for hydroxylation is 1. The Morgan fingerprint density at radius 3 is 2.39 bits per heavy atom. The van der Waals surface area contributed by atoms with Crippen molar-refractivity contribution in [3.05, 3.63) is 77.3 Å². The number of benzene rings is 3. The van der Waals surface area contributed by atoms with E-state index in [9.17, 15) is 13.2 Å². The molecule has 0 unspecified atom stereocenters. The fourth-order valence-electron chi connectivity index (χ4n) is 2.71. The summed E-state index contributed by atoms with van der Waals surface area (Å²) in [6.45, 7) is 1.69. The van der Waals surface area contributed by atoms with Crippen LogP contribution in [0.2, 0.25) is 5.02 Å². The topological polar surface area (TPSA) is 93.7 Å².